The molecule has 0 heterocycles. The average molecular weight is 447 g/mol. The van der Waals surface area contributed by atoms with E-state index in [0.717, 1.165) is 32.7 Å². The molecular weight excluding hydrogens is 432 g/mol. The lowest BCUT2D eigenvalue weighted by atomic mass is 9.94. The van der Waals surface area contributed by atoms with Gasteiger partial charge in [-0.05, 0) is 47.3 Å². The van der Waals surface area contributed by atoms with Crippen LogP contribution in [0, 0.1) is 0 Å². The number of hydrogen-bond donors (Lipinski definition) is 4. The molecule has 0 bridgehead atoms. The topological polar surface area (TPSA) is 36.9 Å². The Hall–Kier alpha value is -2.00. The van der Waals surface area contributed by atoms with Gasteiger partial charge in [-0.25, -0.2) is 0 Å². The highest BCUT2D eigenvalue weighted by molar-refractivity contribution is 7.75. The van der Waals surface area contributed by atoms with E-state index in [2.05, 4.69) is 51.6 Å². The summed E-state index contributed by atoms with van der Waals surface area (Å²) in [6, 6.07) is 18.9. The van der Waals surface area contributed by atoms with Crippen LogP contribution in [0.2, 0.25) is 0 Å². The molecule has 28 heavy (non-hydrogen) atoms. The molecule has 0 atom stereocenters. The lowest BCUT2D eigenvalue weighted by Gasteiger charge is -2.16. The van der Waals surface area contributed by atoms with Gasteiger partial charge in [0.15, 0.2) is 5.75 Å². The summed E-state index contributed by atoms with van der Waals surface area (Å²) in [5, 5.41) is 3.44. The summed E-state index contributed by atoms with van der Waals surface area (Å²) < 4.78 is 21.2. The Kier molecular flexibility index (Phi) is 5.63. The summed E-state index contributed by atoms with van der Waals surface area (Å²) in [5.41, 5.74) is 1.66. The number of rotatable bonds is 5. The van der Waals surface area contributed by atoms with Crippen molar-refractivity contribution in [2.24, 2.45) is 0 Å². The Morgan fingerprint density at radius 1 is 0.500 bits per heavy atom. The molecule has 0 spiro atoms. The van der Waals surface area contributed by atoms with E-state index in [1.807, 2.05) is 54.6 Å². The second-order valence-electron chi connectivity index (χ2n) is 5.98. The van der Waals surface area contributed by atoms with E-state index in [0.29, 0.717) is 23.0 Å². The molecule has 0 radical (unpaired) electrons. The van der Waals surface area contributed by atoms with Gasteiger partial charge in [0, 0.05) is 73.4 Å². The van der Waals surface area contributed by atoms with Crippen LogP contribution >= 0.6 is 51.6 Å². The zero-order valence-corrected chi connectivity index (χ0v) is 17.8. The fraction of sp³-hybridized carbons (Fsp3) is 0. The van der Waals surface area contributed by atoms with E-state index in [4.69, 9.17) is 16.7 Å². The minimum absolute atomic E-state index is 0.591. The Balaban J connectivity index is 2.12. The predicted molar refractivity (Wildman–Crippen MR) is 125 cm³/mol. The third-order valence-electron chi connectivity index (χ3n) is 4.59. The fourth-order valence-electron chi connectivity index (χ4n) is 3.36. The monoisotopic (exact) mass is 446 g/mol. The SMILES string of the molecule is SOc1ccc2c(OS)ccc(-c3cc(OS)c4ccccc4c3OS)c2c1. The number of thiol groups is 4. The highest BCUT2D eigenvalue weighted by Crippen LogP contribution is 2.46. The summed E-state index contributed by atoms with van der Waals surface area (Å²) in [5.74, 6) is 2.42. The summed E-state index contributed by atoms with van der Waals surface area (Å²) in [7, 11) is 0. The smallest absolute Gasteiger partial charge is 0.152 e. The summed E-state index contributed by atoms with van der Waals surface area (Å²) in [6.07, 6.45) is 0. The normalized spacial score (nSPS) is 10.9. The maximum Gasteiger partial charge on any atom is 0.152 e. The van der Waals surface area contributed by atoms with Gasteiger partial charge in [-0.1, -0.05) is 24.3 Å². The van der Waals surface area contributed by atoms with Crippen molar-refractivity contribution in [1.29, 1.82) is 0 Å². The van der Waals surface area contributed by atoms with Crippen molar-refractivity contribution in [2.45, 2.75) is 0 Å². The van der Waals surface area contributed by atoms with E-state index in [1.54, 1.807) is 6.07 Å². The molecule has 4 aromatic carbocycles. The Labute approximate surface area is 184 Å². The average Bonchev–Trinajstić information content (AvgIpc) is 2.76. The summed E-state index contributed by atoms with van der Waals surface area (Å²) >= 11 is 16.0. The van der Waals surface area contributed by atoms with Crippen LogP contribution in [0.3, 0.4) is 0 Å². The maximum atomic E-state index is 5.50. The van der Waals surface area contributed by atoms with Gasteiger partial charge in [0.1, 0.15) is 17.2 Å². The van der Waals surface area contributed by atoms with Gasteiger partial charge < -0.3 is 16.7 Å². The molecule has 0 saturated heterocycles. The molecule has 142 valence electrons. The second kappa shape index (κ2) is 8.16. The van der Waals surface area contributed by atoms with Gasteiger partial charge in [-0.3, -0.25) is 0 Å². The second-order valence-corrected chi connectivity index (χ2v) is 6.71. The standard InChI is InChI=1S/C20H14O4S4/c25-21-11-5-6-14-16(9-11)12(7-8-18(14)22-26)17-10-19(23-27)13-3-1-2-4-15(13)20(17)24-28/h1-10,25-28H. The molecule has 0 aliphatic rings. The highest BCUT2D eigenvalue weighted by Gasteiger charge is 2.19. The quantitative estimate of drug-likeness (QED) is 0.207. The molecule has 0 aromatic heterocycles. The summed E-state index contributed by atoms with van der Waals surface area (Å²) in [6.45, 7) is 0. The van der Waals surface area contributed by atoms with Crippen molar-refractivity contribution in [1.82, 2.24) is 0 Å². The molecule has 0 aliphatic carbocycles. The largest absolute Gasteiger partial charge is 0.429 e. The van der Waals surface area contributed by atoms with Gasteiger partial charge in [0.05, 0.1) is 0 Å². The van der Waals surface area contributed by atoms with E-state index in [9.17, 15) is 0 Å². The number of hydrogen-bond acceptors (Lipinski definition) is 8. The zero-order valence-electron chi connectivity index (χ0n) is 14.2. The molecule has 4 nitrogen and oxygen atoms in total. The predicted octanol–water partition coefficient (Wildman–Crippen LogP) is 6.55. The van der Waals surface area contributed by atoms with Crippen LogP contribution < -0.4 is 16.7 Å². The van der Waals surface area contributed by atoms with Gasteiger partial charge in [-0.2, -0.15) is 0 Å². The molecule has 0 aliphatic heterocycles. The molecular formula is C20H14O4S4. The van der Waals surface area contributed by atoms with Crippen LogP contribution in [0.1, 0.15) is 0 Å². The molecule has 4 rings (SSSR count). The van der Waals surface area contributed by atoms with Crippen molar-refractivity contribution in [2.75, 3.05) is 0 Å². The van der Waals surface area contributed by atoms with E-state index < -0.39 is 0 Å². The summed E-state index contributed by atoms with van der Waals surface area (Å²) in [4.78, 5) is 0. The third-order valence-corrected chi connectivity index (χ3v) is 5.38. The van der Waals surface area contributed by atoms with Crippen molar-refractivity contribution in [3.8, 4) is 34.1 Å². The van der Waals surface area contributed by atoms with Gasteiger partial charge >= 0.3 is 0 Å². The van der Waals surface area contributed by atoms with Crippen LogP contribution in [0.15, 0.2) is 60.7 Å². The van der Waals surface area contributed by atoms with Crippen LogP contribution in [0.5, 0.6) is 23.0 Å². The van der Waals surface area contributed by atoms with Gasteiger partial charge in [-0.15, -0.1) is 0 Å². The Bertz CT molecular complexity index is 1180. The first kappa shape index (κ1) is 19.3. The molecule has 8 heteroatoms. The molecule has 0 N–H and O–H groups in total. The molecule has 0 amide bonds. The van der Waals surface area contributed by atoms with Crippen LogP contribution in [0.25, 0.3) is 32.7 Å². The van der Waals surface area contributed by atoms with Gasteiger partial charge in [0.25, 0.3) is 0 Å². The van der Waals surface area contributed by atoms with E-state index >= 15 is 0 Å². The molecule has 0 fully saturated rings. The fourth-order valence-corrected chi connectivity index (χ4v) is 3.98. The minimum Gasteiger partial charge on any atom is -0.429 e. The van der Waals surface area contributed by atoms with Crippen LogP contribution in [-0.2, 0) is 0 Å². The zero-order chi connectivity index (χ0) is 19.7. The van der Waals surface area contributed by atoms with Crippen molar-refractivity contribution >= 4 is 73.2 Å². The first-order valence-corrected chi connectivity index (χ1v) is 9.56. The Morgan fingerprint density at radius 3 is 1.89 bits per heavy atom. The van der Waals surface area contributed by atoms with Crippen LogP contribution in [0.4, 0.5) is 0 Å². The lowest BCUT2D eigenvalue weighted by molar-refractivity contribution is 0.653. The van der Waals surface area contributed by atoms with Crippen LogP contribution in [-0.4, -0.2) is 0 Å². The molecule has 4 aromatic rings. The van der Waals surface area contributed by atoms with Crippen molar-refractivity contribution < 1.29 is 16.7 Å². The van der Waals surface area contributed by atoms with E-state index in [1.165, 1.54) is 0 Å². The third kappa shape index (κ3) is 3.20. The lowest BCUT2D eigenvalue weighted by Crippen LogP contribution is -1.91. The number of benzene rings is 4. The minimum atomic E-state index is 0.591. The van der Waals surface area contributed by atoms with Gasteiger partial charge in [0.2, 0.25) is 0 Å². The molecule has 0 unspecified atom stereocenters. The first-order valence-electron chi connectivity index (χ1n) is 8.10. The molecule has 0 saturated carbocycles. The Morgan fingerprint density at radius 2 is 1.21 bits per heavy atom. The highest BCUT2D eigenvalue weighted by atomic mass is 32.1. The first-order chi connectivity index (χ1) is 13.7. The van der Waals surface area contributed by atoms with Crippen molar-refractivity contribution in [3.63, 3.8) is 0 Å². The van der Waals surface area contributed by atoms with Crippen molar-refractivity contribution in [3.05, 3.63) is 60.7 Å². The number of fused-ring (bicyclic) bond motifs is 2. The maximum absolute atomic E-state index is 5.50. The van der Waals surface area contributed by atoms with E-state index in [-0.39, 0.29) is 0 Å².